The van der Waals surface area contributed by atoms with Gasteiger partial charge in [-0.15, -0.1) is 24.0 Å². The highest BCUT2D eigenvalue weighted by atomic mass is 127. The third-order valence-corrected chi connectivity index (χ3v) is 4.95. The predicted molar refractivity (Wildman–Crippen MR) is 127 cm³/mol. The number of fused-ring (bicyclic) bond motifs is 1. The molecule has 2 aromatic carbocycles. The van der Waals surface area contributed by atoms with Crippen molar-refractivity contribution < 1.29 is 4.79 Å². The summed E-state index contributed by atoms with van der Waals surface area (Å²) in [7, 11) is 1.76. The van der Waals surface area contributed by atoms with Crippen LogP contribution in [-0.4, -0.2) is 32.0 Å². The second-order valence-corrected chi connectivity index (χ2v) is 7.08. The number of carbonyl (C=O) groups is 1. The molecule has 1 aliphatic rings. The third kappa shape index (κ3) is 6.38. The Bertz CT molecular complexity index is 810. The van der Waals surface area contributed by atoms with E-state index in [1.165, 1.54) is 11.1 Å². The normalized spacial score (nSPS) is 15.9. The smallest absolute Gasteiger partial charge is 0.225 e. The lowest BCUT2D eigenvalue weighted by Gasteiger charge is -2.26. The van der Waals surface area contributed by atoms with Gasteiger partial charge in [0.1, 0.15) is 0 Å². The maximum Gasteiger partial charge on any atom is 0.225 e. The topological polar surface area (TPSA) is 65.5 Å². The van der Waals surface area contributed by atoms with Gasteiger partial charge in [-0.1, -0.05) is 41.9 Å². The molecule has 0 saturated carbocycles. The van der Waals surface area contributed by atoms with Gasteiger partial charge in [0.15, 0.2) is 5.96 Å². The van der Waals surface area contributed by atoms with E-state index in [1.807, 2.05) is 30.3 Å². The molecular weight excluding hydrogens is 487 g/mol. The van der Waals surface area contributed by atoms with Gasteiger partial charge in [-0.3, -0.25) is 9.79 Å². The fraction of sp³-hybridized carbons (Fsp3) is 0.333. The molecule has 3 rings (SSSR count). The number of halogens is 2. The van der Waals surface area contributed by atoms with Gasteiger partial charge in [-0.05, 0) is 42.2 Å². The van der Waals surface area contributed by atoms with Crippen LogP contribution in [0.15, 0.2) is 53.5 Å². The molecule has 28 heavy (non-hydrogen) atoms. The summed E-state index contributed by atoms with van der Waals surface area (Å²) in [5.41, 5.74) is 3.35. The van der Waals surface area contributed by atoms with E-state index in [-0.39, 0.29) is 35.8 Å². The highest BCUT2D eigenvalue weighted by molar-refractivity contribution is 14.0. The van der Waals surface area contributed by atoms with E-state index in [9.17, 15) is 4.79 Å². The van der Waals surface area contributed by atoms with Crippen molar-refractivity contribution in [3.63, 3.8) is 0 Å². The van der Waals surface area contributed by atoms with E-state index >= 15 is 0 Å². The standard InChI is InChI=1S/C21H25ClN4O.HI/c1-23-21(24-12-4-5-15-8-10-17(22)11-9-15)25-14-16-13-20(27)26-19-7-3-2-6-18(16)19;/h2-3,6-11,16H,4-5,12-14H2,1H3,(H,26,27)(H2,23,24,25);1H. The summed E-state index contributed by atoms with van der Waals surface area (Å²) in [6, 6.07) is 15.9. The summed E-state index contributed by atoms with van der Waals surface area (Å²) in [4.78, 5) is 16.2. The number of guanidine groups is 1. The lowest BCUT2D eigenvalue weighted by atomic mass is 9.90. The molecule has 0 fully saturated rings. The zero-order valence-electron chi connectivity index (χ0n) is 15.9. The average molecular weight is 513 g/mol. The Morgan fingerprint density at radius 1 is 1.18 bits per heavy atom. The molecule has 0 spiro atoms. The molecule has 1 atom stereocenters. The molecule has 150 valence electrons. The van der Waals surface area contributed by atoms with E-state index in [1.54, 1.807) is 7.05 Å². The first-order valence-electron chi connectivity index (χ1n) is 9.23. The quantitative estimate of drug-likeness (QED) is 0.235. The van der Waals surface area contributed by atoms with Crippen LogP contribution in [0.3, 0.4) is 0 Å². The van der Waals surface area contributed by atoms with Crippen molar-refractivity contribution in [3.05, 3.63) is 64.7 Å². The van der Waals surface area contributed by atoms with Gasteiger partial charge < -0.3 is 16.0 Å². The zero-order valence-corrected chi connectivity index (χ0v) is 19.0. The fourth-order valence-electron chi connectivity index (χ4n) is 3.27. The summed E-state index contributed by atoms with van der Waals surface area (Å²) < 4.78 is 0. The molecular formula is C21H26ClIN4O. The van der Waals surface area contributed by atoms with Crippen molar-refractivity contribution in [2.45, 2.75) is 25.2 Å². The number of rotatable bonds is 6. The Balaban J connectivity index is 0.00000280. The average Bonchev–Trinajstić information content (AvgIpc) is 2.68. The highest BCUT2D eigenvalue weighted by Crippen LogP contribution is 2.31. The Hall–Kier alpha value is -1.80. The predicted octanol–water partition coefficient (Wildman–Crippen LogP) is 4.18. The molecule has 1 aliphatic heterocycles. The summed E-state index contributed by atoms with van der Waals surface area (Å²) >= 11 is 5.91. The van der Waals surface area contributed by atoms with Crippen LogP contribution in [0.1, 0.15) is 29.9 Å². The molecule has 0 radical (unpaired) electrons. The molecule has 1 unspecified atom stereocenters. The maximum atomic E-state index is 11.9. The Kier molecular flexibility index (Phi) is 9.05. The number of benzene rings is 2. The minimum absolute atomic E-state index is 0. The van der Waals surface area contributed by atoms with Crippen LogP contribution >= 0.6 is 35.6 Å². The molecule has 0 aromatic heterocycles. The number of hydrogen-bond donors (Lipinski definition) is 3. The van der Waals surface area contributed by atoms with E-state index < -0.39 is 0 Å². The number of aliphatic imine (C=N–C) groups is 1. The largest absolute Gasteiger partial charge is 0.356 e. The molecule has 3 N–H and O–H groups in total. The number of amides is 1. The molecule has 1 amide bonds. The van der Waals surface area contributed by atoms with Crippen molar-refractivity contribution in [3.8, 4) is 0 Å². The summed E-state index contributed by atoms with van der Waals surface area (Å²) in [6.07, 6.45) is 2.46. The minimum atomic E-state index is 0. The Labute approximate surface area is 188 Å². The van der Waals surface area contributed by atoms with Gasteiger partial charge in [-0.2, -0.15) is 0 Å². The van der Waals surface area contributed by atoms with E-state index in [4.69, 9.17) is 11.6 Å². The van der Waals surface area contributed by atoms with Crippen LogP contribution in [0.25, 0.3) is 0 Å². The van der Waals surface area contributed by atoms with Gasteiger partial charge in [0.25, 0.3) is 0 Å². The number of hydrogen-bond acceptors (Lipinski definition) is 2. The second kappa shape index (κ2) is 11.3. The van der Waals surface area contributed by atoms with Crippen LogP contribution < -0.4 is 16.0 Å². The van der Waals surface area contributed by atoms with Crippen molar-refractivity contribution >= 4 is 53.1 Å². The van der Waals surface area contributed by atoms with Crippen LogP contribution in [-0.2, 0) is 11.2 Å². The number of para-hydroxylation sites is 1. The summed E-state index contributed by atoms with van der Waals surface area (Å²) in [5, 5.41) is 10.4. The van der Waals surface area contributed by atoms with E-state index in [2.05, 4.69) is 39.1 Å². The van der Waals surface area contributed by atoms with Crippen LogP contribution in [0.5, 0.6) is 0 Å². The third-order valence-electron chi connectivity index (χ3n) is 4.69. The van der Waals surface area contributed by atoms with Gasteiger partial charge >= 0.3 is 0 Å². The van der Waals surface area contributed by atoms with Gasteiger partial charge in [0.05, 0.1) is 0 Å². The van der Waals surface area contributed by atoms with Crippen molar-refractivity contribution in [2.24, 2.45) is 4.99 Å². The Morgan fingerprint density at radius 3 is 2.68 bits per heavy atom. The molecule has 5 nitrogen and oxygen atoms in total. The maximum absolute atomic E-state index is 11.9. The monoisotopic (exact) mass is 512 g/mol. The first-order chi connectivity index (χ1) is 13.2. The highest BCUT2D eigenvalue weighted by Gasteiger charge is 2.24. The molecule has 7 heteroatoms. The van der Waals surface area contributed by atoms with Gasteiger partial charge in [-0.25, -0.2) is 0 Å². The van der Waals surface area contributed by atoms with Gasteiger partial charge in [0.2, 0.25) is 5.91 Å². The number of aryl methyl sites for hydroxylation is 1. The molecule has 0 aliphatic carbocycles. The first kappa shape index (κ1) is 22.5. The lowest BCUT2D eigenvalue weighted by Crippen LogP contribution is -2.41. The number of carbonyl (C=O) groups excluding carboxylic acids is 1. The van der Waals surface area contributed by atoms with E-state index in [0.717, 1.165) is 36.1 Å². The van der Waals surface area contributed by atoms with Crippen LogP contribution in [0.2, 0.25) is 5.02 Å². The molecule has 1 heterocycles. The second-order valence-electron chi connectivity index (χ2n) is 6.65. The van der Waals surface area contributed by atoms with Crippen molar-refractivity contribution in [1.29, 1.82) is 0 Å². The van der Waals surface area contributed by atoms with Crippen molar-refractivity contribution in [1.82, 2.24) is 10.6 Å². The Morgan fingerprint density at radius 2 is 1.93 bits per heavy atom. The number of anilines is 1. The molecule has 0 bridgehead atoms. The fourth-order valence-corrected chi connectivity index (χ4v) is 3.40. The van der Waals surface area contributed by atoms with Gasteiger partial charge in [0, 0.05) is 43.2 Å². The van der Waals surface area contributed by atoms with Crippen molar-refractivity contribution in [2.75, 3.05) is 25.5 Å². The zero-order chi connectivity index (χ0) is 19.1. The summed E-state index contributed by atoms with van der Waals surface area (Å²) in [6.45, 7) is 1.49. The first-order valence-corrected chi connectivity index (χ1v) is 9.61. The van der Waals surface area contributed by atoms with E-state index in [0.29, 0.717) is 13.0 Å². The molecule has 0 saturated heterocycles. The number of nitrogens with zero attached hydrogens (tertiary/aromatic N) is 1. The number of nitrogens with one attached hydrogen (secondary N) is 3. The SMILES string of the molecule is CN=C(NCCCc1ccc(Cl)cc1)NCC1CC(=O)Nc2ccccc21.I. The molecule has 2 aromatic rings. The minimum Gasteiger partial charge on any atom is -0.356 e. The van der Waals surface area contributed by atoms with Crippen LogP contribution in [0.4, 0.5) is 5.69 Å². The summed E-state index contributed by atoms with van der Waals surface area (Å²) in [5.74, 6) is 0.962. The van der Waals surface area contributed by atoms with Crippen LogP contribution in [0, 0.1) is 0 Å². The lowest BCUT2D eigenvalue weighted by molar-refractivity contribution is -0.116.